The number of pyridine rings is 1. The number of piperidine rings is 2. The van der Waals surface area contributed by atoms with Crippen LogP contribution in [0.5, 0.6) is 5.75 Å². The van der Waals surface area contributed by atoms with E-state index in [9.17, 15) is 18.5 Å². The molecular formula is C22H25ClN4O4S. The first-order valence-corrected chi connectivity index (χ1v) is 12.9. The molecule has 0 spiro atoms. The van der Waals surface area contributed by atoms with Crippen molar-refractivity contribution in [1.82, 2.24) is 14.9 Å². The van der Waals surface area contributed by atoms with Crippen LogP contribution in [0.4, 0.5) is 0 Å². The molecule has 170 valence electrons. The second-order valence-electron chi connectivity index (χ2n) is 10.2. The summed E-state index contributed by atoms with van der Waals surface area (Å²) in [7, 11) is -3.78. The van der Waals surface area contributed by atoms with Gasteiger partial charge in [-0.3, -0.25) is 4.79 Å². The second-order valence-corrected chi connectivity index (χ2v) is 12.1. The first kappa shape index (κ1) is 21.5. The van der Waals surface area contributed by atoms with Crippen molar-refractivity contribution in [3.05, 3.63) is 23.0 Å². The quantitative estimate of drug-likeness (QED) is 0.672. The van der Waals surface area contributed by atoms with Crippen LogP contribution in [0.1, 0.15) is 57.4 Å². The van der Waals surface area contributed by atoms with E-state index in [2.05, 4.69) is 23.0 Å². The highest BCUT2D eigenvalue weighted by Crippen LogP contribution is 2.61. The molecule has 3 unspecified atom stereocenters. The Balaban J connectivity index is 1.49. The fraction of sp³-hybridized carbons (Fsp3) is 0.591. The van der Waals surface area contributed by atoms with Crippen LogP contribution < -0.4 is 4.18 Å². The first-order chi connectivity index (χ1) is 14.9. The summed E-state index contributed by atoms with van der Waals surface area (Å²) in [5.74, 6) is -0.581. The summed E-state index contributed by atoms with van der Waals surface area (Å²) in [6.07, 6.45) is 8.13. The number of nitriles is 1. The highest BCUT2D eigenvalue weighted by molar-refractivity contribution is 7.86. The number of amides is 1. The Bertz CT molecular complexity index is 1260. The molecule has 32 heavy (non-hydrogen) atoms. The number of aromatic amines is 1. The molecule has 2 saturated carbocycles. The molecule has 2 aromatic rings. The summed E-state index contributed by atoms with van der Waals surface area (Å²) in [5, 5.41) is 10.4. The molecule has 8 nitrogen and oxygen atoms in total. The molecule has 1 N–H and O–H groups in total. The van der Waals surface area contributed by atoms with Crippen LogP contribution in [-0.2, 0) is 14.9 Å². The minimum atomic E-state index is -3.78. The highest BCUT2D eigenvalue weighted by atomic mass is 35.5. The molecule has 2 aromatic heterocycles. The number of halogens is 1. The molecule has 0 aromatic carbocycles. The Morgan fingerprint density at radius 2 is 2.03 bits per heavy atom. The topological polar surface area (TPSA) is 116 Å². The van der Waals surface area contributed by atoms with Crippen LogP contribution in [0.3, 0.4) is 0 Å². The van der Waals surface area contributed by atoms with Gasteiger partial charge in [-0.2, -0.15) is 13.7 Å². The molecule has 4 bridgehead atoms. The normalized spacial score (nSPS) is 32.2. The SMILES string of the molecule is CC(C(=O)N1C2CC3(C)CC1CC(C#N)(C2)C3)c1c[nH]c2ncc(OS(C)(=O)=O)c(Cl)c12. The second kappa shape index (κ2) is 6.84. The standard InChI is InChI=1S/C22H25ClN4O4S/c1-12(15-8-25-19-17(15)18(23)16(9-26-19)31-32(3,29)30)20(28)27-13-4-21(2)5-14(27)7-22(6-13,10-21)11-24/h8-9,12-14H,4-7,10H2,1-3H3,(H,25,26). The third kappa shape index (κ3) is 3.27. The van der Waals surface area contributed by atoms with E-state index in [0.29, 0.717) is 16.6 Å². The molecule has 1 amide bonds. The minimum absolute atomic E-state index is 0.00175. The van der Waals surface area contributed by atoms with Crippen LogP contribution in [0.25, 0.3) is 11.0 Å². The fourth-order valence-corrected chi connectivity index (χ4v) is 7.40. The average molecular weight is 477 g/mol. The molecule has 2 saturated heterocycles. The van der Waals surface area contributed by atoms with Crippen LogP contribution in [0.15, 0.2) is 12.4 Å². The van der Waals surface area contributed by atoms with Crippen molar-refractivity contribution in [2.75, 3.05) is 6.26 Å². The molecule has 4 heterocycles. The zero-order valence-electron chi connectivity index (χ0n) is 18.2. The largest absolute Gasteiger partial charge is 0.379 e. The zero-order valence-corrected chi connectivity index (χ0v) is 19.8. The lowest BCUT2D eigenvalue weighted by molar-refractivity contribution is -0.164. The molecule has 0 radical (unpaired) electrons. The molecule has 3 atom stereocenters. The van der Waals surface area contributed by atoms with E-state index in [1.54, 1.807) is 6.20 Å². The van der Waals surface area contributed by atoms with Crippen molar-refractivity contribution < 1.29 is 17.4 Å². The van der Waals surface area contributed by atoms with Crippen molar-refractivity contribution >= 4 is 38.7 Å². The summed E-state index contributed by atoms with van der Waals surface area (Å²) in [6.45, 7) is 4.08. The summed E-state index contributed by atoms with van der Waals surface area (Å²) < 4.78 is 28.1. The lowest BCUT2D eigenvalue weighted by atomic mass is 9.50. The lowest BCUT2D eigenvalue weighted by Gasteiger charge is -2.63. The third-order valence-electron chi connectivity index (χ3n) is 7.47. The van der Waals surface area contributed by atoms with Crippen molar-refractivity contribution in [1.29, 1.82) is 5.26 Å². The molecule has 4 aliphatic rings. The maximum Gasteiger partial charge on any atom is 0.306 e. The van der Waals surface area contributed by atoms with Gasteiger partial charge in [-0.25, -0.2) is 4.98 Å². The maximum atomic E-state index is 13.7. The number of H-pyrrole nitrogens is 1. The van der Waals surface area contributed by atoms with Gasteiger partial charge in [0.25, 0.3) is 0 Å². The van der Waals surface area contributed by atoms with E-state index < -0.39 is 16.0 Å². The van der Waals surface area contributed by atoms with Gasteiger partial charge in [-0.05, 0) is 50.0 Å². The van der Waals surface area contributed by atoms with E-state index in [0.717, 1.165) is 38.4 Å². The Morgan fingerprint density at radius 3 is 2.62 bits per heavy atom. The molecular weight excluding hydrogens is 452 g/mol. The van der Waals surface area contributed by atoms with E-state index >= 15 is 0 Å². The van der Waals surface area contributed by atoms with Crippen molar-refractivity contribution in [2.45, 2.75) is 64.0 Å². The summed E-state index contributed by atoms with van der Waals surface area (Å²) in [6, 6.07) is 2.71. The number of fused-ring (bicyclic) bond motifs is 1. The number of nitrogens with zero attached hydrogens (tertiary/aromatic N) is 3. The van der Waals surface area contributed by atoms with Gasteiger partial charge in [0.2, 0.25) is 5.91 Å². The van der Waals surface area contributed by atoms with Gasteiger partial charge in [-0.1, -0.05) is 18.5 Å². The predicted molar refractivity (Wildman–Crippen MR) is 119 cm³/mol. The third-order valence-corrected chi connectivity index (χ3v) is 8.33. The number of hydrogen-bond donors (Lipinski definition) is 1. The predicted octanol–water partition coefficient (Wildman–Crippen LogP) is 3.73. The van der Waals surface area contributed by atoms with Gasteiger partial charge < -0.3 is 14.1 Å². The van der Waals surface area contributed by atoms with Gasteiger partial charge in [0.1, 0.15) is 5.65 Å². The lowest BCUT2D eigenvalue weighted by Crippen LogP contribution is -2.66. The van der Waals surface area contributed by atoms with Gasteiger partial charge >= 0.3 is 10.1 Å². The van der Waals surface area contributed by atoms with E-state index in [4.69, 9.17) is 15.8 Å². The van der Waals surface area contributed by atoms with Crippen molar-refractivity contribution in [3.8, 4) is 11.8 Å². The summed E-state index contributed by atoms with van der Waals surface area (Å²) in [4.78, 5) is 23.0. The fourth-order valence-electron chi connectivity index (χ4n) is 6.62. The van der Waals surface area contributed by atoms with Gasteiger partial charge in [0.15, 0.2) is 5.75 Å². The number of aromatic nitrogens is 2. The molecule has 4 fully saturated rings. The van der Waals surface area contributed by atoms with E-state index in [-0.39, 0.29) is 39.6 Å². The maximum absolute atomic E-state index is 13.7. The average Bonchev–Trinajstić information content (AvgIpc) is 3.12. The van der Waals surface area contributed by atoms with E-state index in [1.807, 2.05) is 11.8 Å². The highest BCUT2D eigenvalue weighted by Gasteiger charge is 2.60. The monoisotopic (exact) mass is 476 g/mol. The molecule has 6 rings (SSSR count). The Morgan fingerprint density at radius 1 is 1.38 bits per heavy atom. The smallest absolute Gasteiger partial charge is 0.306 e. The number of carbonyl (C=O) groups is 1. The number of hydrogen-bond acceptors (Lipinski definition) is 6. The molecule has 2 aliphatic carbocycles. The van der Waals surface area contributed by atoms with Crippen molar-refractivity contribution in [3.63, 3.8) is 0 Å². The van der Waals surface area contributed by atoms with Crippen LogP contribution in [-0.4, -0.2) is 47.5 Å². The van der Waals surface area contributed by atoms with Gasteiger partial charge in [0.05, 0.1) is 34.9 Å². The first-order valence-electron chi connectivity index (χ1n) is 10.7. The number of rotatable bonds is 4. The molecule has 10 heteroatoms. The Kier molecular flexibility index (Phi) is 4.61. The Labute approximate surface area is 192 Å². The minimum Gasteiger partial charge on any atom is -0.379 e. The van der Waals surface area contributed by atoms with E-state index in [1.165, 1.54) is 6.20 Å². The summed E-state index contributed by atoms with van der Waals surface area (Å²) in [5.41, 5.74) is 0.915. The zero-order chi connectivity index (χ0) is 23.1. The summed E-state index contributed by atoms with van der Waals surface area (Å²) >= 11 is 6.49. The van der Waals surface area contributed by atoms with Crippen molar-refractivity contribution in [2.24, 2.45) is 10.8 Å². The van der Waals surface area contributed by atoms with Crippen LogP contribution in [0, 0.1) is 22.2 Å². The number of carbonyl (C=O) groups excluding carboxylic acids is 1. The number of nitrogens with one attached hydrogen (secondary N) is 1. The van der Waals surface area contributed by atoms with Gasteiger partial charge in [0, 0.05) is 23.7 Å². The van der Waals surface area contributed by atoms with Crippen LogP contribution in [0.2, 0.25) is 5.02 Å². The molecule has 2 aliphatic heterocycles. The Hall–Kier alpha value is -2.31. The van der Waals surface area contributed by atoms with Gasteiger partial charge in [-0.15, -0.1) is 0 Å². The van der Waals surface area contributed by atoms with Crippen LogP contribution >= 0.6 is 11.6 Å².